The van der Waals surface area contributed by atoms with Crippen molar-refractivity contribution >= 4 is 21.6 Å². The van der Waals surface area contributed by atoms with Crippen molar-refractivity contribution in [1.29, 1.82) is 5.26 Å². The number of alkyl halides is 3. The average Bonchev–Trinajstić information content (AvgIpc) is 2.66. The molecule has 1 aliphatic heterocycles. The minimum atomic E-state index is -4.56. The first-order valence-corrected chi connectivity index (χ1v) is 10.5. The predicted octanol–water partition coefficient (Wildman–Crippen LogP) is 4.16. The minimum Gasteiger partial charge on any atom is -0.327 e. The van der Waals surface area contributed by atoms with Gasteiger partial charge >= 0.3 is 12.2 Å². The average molecular weight is 435 g/mol. The van der Waals surface area contributed by atoms with Crippen molar-refractivity contribution in [1.82, 2.24) is 5.32 Å². The van der Waals surface area contributed by atoms with Gasteiger partial charge in [-0.3, -0.25) is 4.90 Å². The Morgan fingerprint density at radius 2 is 1.87 bits per heavy atom. The van der Waals surface area contributed by atoms with E-state index in [4.69, 9.17) is 5.26 Å². The summed E-state index contributed by atoms with van der Waals surface area (Å²) in [4.78, 5) is 13.7. The Balaban J connectivity index is 2.05. The lowest BCUT2D eigenvalue weighted by atomic mass is 10.0. The first-order valence-electron chi connectivity index (χ1n) is 8.62. The summed E-state index contributed by atoms with van der Waals surface area (Å²) in [5.74, 6) is 0. The molecule has 1 atom stereocenters. The molecule has 0 saturated heterocycles. The van der Waals surface area contributed by atoms with Crippen LogP contribution in [-0.2, 0) is 16.0 Å². The third-order valence-electron chi connectivity index (χ3n) is 4.55. The molecule has 2 amide bonds. The molecule has 1 aliphatic rings. The van der Waals surface area contributed by atoms with Crippen molar-refractivity contribution in [3.05, 3.63) is 70.9 Å². The molecule has 30 heavy (non-hydrogen) atoms. The molecule has 0 aliphatic carbocycles. The number of nitrogens with zero attached hydrogens (tertiary/aromatic N) is 2. The lowest BCUT2D eigenvalue weighted by molar-refractivity contribution is -0.137. The number of anilines is 1. The number of benzene rings is 2. The number of carbonyl (C=O) groups is 1. The van der Waals surface area contributed by atoms with Crippen LogP contribution in [0.2, 0.25) is 0 Å². The van der Waals surface area contributed by atoms with Crippen LogP contribution in [0, 0.1) is 11.3 Å². The van der Waals surface area contributed by atoms with E-state index in [1.54, 1.807) is 0 Å². The molecular formula is C20H16F3N3O3S. The van der Waals surface area contributed by atoms with Crippen LogP contribution in [0.3, 0.4) is 0 Å². The largest absolute Gasteiger partial charge is 0.416 e. The van der Waals surface area contributed by atoms with Gasteiger partial charge in [0, 0.05) is 12.0 Å². The SMILES string of the molecule is CC1=C[C@@H](c2ccc(C#N)cc2S(C)(=O)=O)NC(=O)N1c1cccc(C(F)(F)F)c1. The maximum absolute atomic E-state index is 13.0. The zero-order valence-corrected chi connectivity index (χ0v) is 16.7. The second kappa shape index (κ2) is 7.50. The smallest absolute Gasteiger partial charge is 0.327 e. The van der Waals surface area contributed by atoms with Crippen LogP contribution in [0.15, 0.2) is 59.1 Å². The van der Waals surface area contributed by atoms with Gasteiger partial charge in [0.25, 0.3) is 0 Å². The van der Waals surface area contributed by atoms with Crippen LogP contribution < -0.4 is 10.2 Å². The molecule has 156 valence electrons. The molecule has 1 N–H and O–H groups in total. The summed E-state index contributed by atoms with van der Waals surface area (Å²) in [6.45, 7) is 1.54. The monoisotopic (exact) mass is 435 g/mol. The van der Waals surface area contributed by atoms with Crippen LogP contribution in [-0.4, -0.2) is 20.7 Å². The number of halogens is 3. The van der Waals surface area contributed by atoms with E-state index in [0.29, 0.717) is 5.70 Å². The van der Waals surface area contributed by atoms with Crippen LogP contribution in [0.5, 0.6) is 0 Å². The summed E-state index contributed by atoms with van der Waals surface area (Å²) in [6.07, 6.45) is -2.03. The van der Waals surface area contributed by atoms with Crippen molar-refractivity contribution in [3.63, 3.8) is 0 Å². The Labute approximate surface area is 171 Å². The second-order valence-electron chi connectivity index (χ2n) is 6.76. The second-order valence-corrected chi connectivity index (χ2v) is 8.74. The van der Waals surface area contributed by atoms with E-state index in [2.05, 4.69) is 5.32 Å². The number of carbonyl (C=O) groups excluding carboxylic acids is 1. The molecule has 0 aromatic heterocycles. The molecule has 3 rings (SSSR count). The topological polar surface area (TPSA) is 90.3 Å². The molecule has 0 saturated carbocycles. The van der Waals surface area contributed by atoms with Crippen LogP contribution >= 0.6 is 0 Å². The minimum absolute atomic E-state index is 0.0256. The Hall–Kier alpha value is -3.32. The molecular weight excluding hydrogens is 419 g/mol. The lowest BCUT2D eigenvalue weighted by Crippen LogP contribution is -2.44. The van der Waals surface area contributed by atoms with E-state index in [9.17, 15) is 26.4 Å². The van der Waals surface area contributed by atoms with Gasteiger partial charge in [-0.15, -0.1) is 0 Å². The number of amides is 2. The number of allylic oxidation sites excluding steroid dienone is 1. The Morgan fingerprint density at radius 3 is 2.43 bits per heavy atom. The van der Waals surface area contributed by atoms with Gasteiger partial charge < -0.3 is 5.32 Å². The number of hydrogen-bond acceptors (Lipinski definition) is 4. The standard InChI is InChI=1S/C20H16F3N3O3S/c1-12-8-17(16-7-6-13(11-24)9-18(16)30(2,28)29)25-19(27)26(12)15-5-3-4-14(10-15)20(21,22)23/h3-10,17H,1-2H3,(H,25,27)/t17-/m0/s1. The van der Waals surface area contributed by atoms with Gasteiger partial charge in [0.2, 0.25) is 0 Å². The first-order chi connectivity index (χ1) is 13.9. The van der Waals surface area contributed by atoms with Gasteiger partial charge in [0.15, 0.2) is 9.84 Å². The summed E-state index contributed by atoms with van der Waals surface area (Å²) in [6, 6.07) is 8.75. The maximum Gasteiger partial charge on any atom is 0.416 e. The highest BCUT2D eigenvalue weighted by Crippen LogP contribution is 2.35. The van der Waals surface area contributed by atoms with E-state index in [-0.39, 0.29) is 21.7 Å². The number of urea groups is 1. The molecule has 6 nitrogen and oxygen atoms in total. The normalized spacial score (nSPS) is 17.2. The zero-order valence-electron chi connectivity index (χ0n) is 15.9. The van der Waals surface area contributed by atoms with E-state index in [1.807, 2.05) is 6.07 Å². The Morgan fingerprint density at radius 1 is 1.17 bits per heavy atom. The zero-order chi connectivity index (χ0) is 22.3. The van der Waals surface area contributed by atoms with Crippen molar-refractivity contribution in [2.45, 2.75) is 24.0 Å². The highest BCUT2D eigenvalue weighted by atomic mass is 32.2. The van der Waals surface area contributed by atoms with Gasteiger partial charge in [-0.2, -0.15) is 18.4 Å². The van der Waals surface area contributed by atoms with Gasteiger partial charge in [-0.1, -0.05) is 12.1 Å². The van der Waals surface area contributed by atoms with Crippen LogP contribution in [0.4, 0.5) is 23.7 Å². The fourth-order valence-electron chi connectivity index (χ4n) is 3.21. The predicted molar refractivity (Wildman–Crippen MR) is 103 cm³/mol. The van der Waals surface area contributed by atoms with Crippen molar-refractivity contribution in [2.75, 3.05) is 11.2 Å². The van der Waals surface area contributed by atoms with E-state index in [1.165, 1.54) is 43.3 Å². The fourth-order valence-corrected chi connectivity index (χ4v) is 4.17. The van der Waals surface area contributed by atoms with Crippen molar-refractivity contribution in [2.24, 2.45) is 0 Å². The molecule has 10 heteroatoms. The van der Waals surface area contributed by atoms with Gasteiger partial charge in [-0.05, 0) is 48.9 Å². The van der Waals surface area contributed by atoms with E-state index < -0.39 is 33.6 Å². The Kier molecular flexibility index (Phi) is 5.34. The number of nitrogens with one attached hydrogen (secondary N) is 1. The van der Waals surface area contributed by atoms with Gasteiger partial charge in [-0.25, -0.2) is 13.2 Å². The maximum atomic E-state index is 13.0. The summed E-state index contributed by atoms with van der Waals surface area (Å²) in [5, 5.41) is 11.6. The molecule has 2 aromatic rings. The van der Waals surface area contributed by atoms with E-state index in [0.717, 1.165) is 23.3 Å². The molecule has 2 aromatic carbocycles. The highest BCUT2D eigenvalue weighted by molar-refractivity contribution is 7.90. The number of nitriles is 1. The molecule has 0 bridgehead atoms. The molecule has 0 unspecified atom stereocenters. The molecule has 0 fully saturated rings. The van der Waals surface area contributed by atoms with E-state index >= 15 is 0 Å². The molecule has 0 spiro atoms. The summed E-state index contributed by atoms with van der Waals surface area (Å²) >= 11 is 0. The summed E-state index contributed by atoms with van der Waals surface area (Å²) in [7, 11) is -3.71. The molecule has 1 heterocycles. The van der Waals surface area contributed by atoms with Gasteiger partial charge in [0.05, 0.1) is 33.8 Å². The lowest BCUT2D eigenvalue weighted by Gasteiger charge is -2.32. The van der Waals surface area contributed by atoms with Crippen molar-refractivity contribution in [3.8, 4) is 6.07 Å². The number of hydrogen-bond donors (Lipinski definition) is 1. The molecule has 0 radical (unpaired) electrons. The third-order valence-corrected chi connectivity index (χ3v) is 5.70. The van der Waals surface area contributed by atoms with Crippen molar-refractivity contribution < 1.29 is 26.4 Å². The highest BCUT2D eigenvalue weighted by Gasteiger charge is 2.33. The number of sulfone groups is 1. The van der Waals surface area contributed by atoms with Gasteiger partial charge in [0.1, 0.15) is 0 Å². The van der Waals surface area contributed by atoms with Crippen LogP contribution in [0.25, 0.3) is 0 Å². The number of rotatable bonds is 3. The van der Waals surface area contributed by atoms with Crippen LogP contribution in [0.1, 0.15) is 29.7 Å². The summed E-state index contributed by atoms with van der Waals surface area (Å²) < 4.78 is 63.4. The third kappa shape index (κ3) is 4.16. The summed E-state index contributed by atoms with van der Waals surface area (Å²) in [5.41, 5.74) is -0.140. The quantitative estimate of drug-likeness (QED) is 0.784. The fraction of sp³-hybridized carbons (Fsp3) is 0.200. The Bertz CT molecular complexity index is 1200. The first kappa shape index (κ1) is 21.4.